The molecule has 0 atom stereocenters. The fraction of sp³-hybridized carbons (Fsp3) is 0.444. The first-order valence-electron chi connectivity index (χ1n) is 12.3. The lowest BCUT2D eigenvalue weighted by Crippen LogP contribution is -2.39. The Bertz CT molecular complexity index is 1130. The normalized spacial score (nSPS) is 19.1. The monoisotopic (exact) mass is 495 g/mol. The summed E-state index contributed by atoms with van der Waals surface area (Å²) in [5.74, 6) is -0.0163. The average molecular weight is 496 g/mol. The van der Waals surface area contributed by atoms with Gasteiger partial charge in [-0.05, 0) is 85.9 Å². The maximum atomic E-state index is 12.7. The van der Waals surface area contributed by atoms with Gasteiger partial charge in [-0.25, -0.2) is 9.59 Å². The minimum absolute atomic E-state index is 0.152. The van der Waals surface area contributed by atoms with E-state index >= 15 is 0 Å². The van der Waals surface area contributed by atoms with Crippen LogP contribution in [0.5, 0.6) is 5.75 Å². The topological polar surface area (TPSA) is 117 Å². The van der Waals surface area contributed by atoms with E-state index in [1.807, 2.05) is 43.3 Å². The first-order chi connectivity index (χ1) is 17.3. The number of hydrogen-bond acceptors (Lipinski definition) is 5. The number of aryl methyl sites for hydroxylation is 1. The number of nitrogens with one attached hydrogen (secondary N) is 2. The van der Waals surface area contributed by atoms with Crippen LogP contribution in [0.15, 0.2) is 36.4 Å². The Morgan fingerprint density at radius 3 is 2.53 bits per heavy atom. The van der Waals surface area contributed by atoms with Crippen molar-refractivity contribution in [2.24, 2.45) is 5.92 Å². The predicted molar refractivity (Wildman–Crippen MR) is 135 cm³/mol. The number of nitrogens with zero attached hydrogens (tertiary/aromatic N) is 1. The molecule has 36 heavy (non-hydrogen) atoms. The number of methoxy groups -OCH3 is 1. The van der Waals surface area contributed by atoms with Gasteiger partial charge in [0.2, 0.25) is 0 Å². The number of hydrogen-bond donors (Lipinski definition) is 3. The summed E-state index contributed by atoms with van der Waals surface area (Å²) in [4.78, 5) is 37.9. The molecule has 4 rings (SSSR count). The number of carboxylic acid groups (broad SMARTS) is 1. The van der Waals surface area contributed by atoms with Crippen LogP contribution >= 0.6 is 0 Å². The lowest BCUT2D eigenvalue weighted by Gasteiger charge is -2.32. The zero-order valence-electron chi connectivity index (χ0n) is 20.7. The van der Waals surface area contributed by atoms with Crippen molar-refractivity contribution in [2.75, 3.05) is 24.3 Å². The highest BCUT2D eigenvalue weighted by molar-refractivity contribution is 6.00. The lowest BCUT2D eigenvalue weighted by atomic mass is 9.85. The summed E-state index contributed by atoms with van der Waals surface area (Å²) in [6.07, 6.45) is 3.33. The number of rotatable bonds is 6. The van der Waals surface area contributed by atoms with Gasteiger partial charge >= 0.3 is 18.1 Å². The van der Waals surface area contributed by atoms with Crippen molar-refractivity contribution in [1.29, 1.82) is 0 Å². The van der Waals surface area contributed by atoms with Gasteiger partial charge in [0, 0.05) is 25.2 Å². The third-order valence-corrected chi connectivity index (χ3v) is 6.86. The Morgan fingerprint density at radius 1 is 1.03 bits per heavy atom. The Morgan fingerprint density at radius 2 is 1.81 bits per heavy atom. The number of aliphatic carboxylic acids is 1. The summed E-state index contributed by atoms with van der Waals surface area (Å²) >= 11 is 0. The molecule has 0 spiro atoms. The smallest absolute Gasteiger partial charge is 0.410 e. The molecule has 1 saturated carbocycles. The summed E-state index contributed by atoms with van der Waals surface area (Å²) in [6, 6.07) is 10.9. The molecule has 2 aromatic rings. The van der Waals surface area contributed by atoms with Crippen LogP contribution in [-0.4, -0.2) is 47.9 Å². The van der Waals surface area contributed by atoms with E-state index in [4.69, 9.17) is 14.6 Å². The van der Waals surface area contributed by atoms with Crippen molar-refractivity contribution in [3.63, 3.8) is 0 Å². The molecule has 1 heterocycles. The van der Waals surface area contributed by atoms with Crippen LogP contribution < -0.4 is 15.4 Å². The summed E-state index contributed by atoms with van der Waals surface area (Å²) in [7, 11) is 1.56. The molecule has 0 saturated heterocycles. The Hall–Kier alpha value is -3.75. The van der Waals surface area contributed by atoms with Gasteiger partial charge < -0.3 is 30.1 Å². The van der Waals surface area contributed by atoms with Crippen LogP contribution in [0.2, 0.25) is 0 Å². The van der Waals surface area contributed by atoms with Gasteiger partial charge in [0.1, 0.15) is 11.9 Å². The number of anilines is 2. The van der Waals surface area contributed by atoms with Gasteiger partial charge in [-0.2, -0.15) is 0 Å². The zero-order valence-corrected chi connectivity index (χ0v) is 20.7. The molecule has 9 nitrogen and oxygen atoms in total. The highest BCUT2D eigenvalue weighted by Crippen LogP contribution is 2.30. The van der Waals surface area contributed by atoms with Crippen molar-refractivity contribution in [3.05, 3.63) is 53.1 Å². The largest absolute Gasteiger partial charge is 0.495 e. The van der Waals surface area contributed by atoms with Gasteiger partial charge in [-0.3, -0.25) is 4.79 Å². The summed E-state index contributed by atoms with van der Waals surface area (Å²) < 4.78 is 11.0. The highest BCUT2D eigenvalue weighted by Gasteiger charge is 2.28. The van der Waals surface area contributed by atoms with E-state index in [0.717, 1.165) is 29.5 Å². The van der Waals surface area contributed by atoms with Gasteiger partial charge in [-0.1, -0.05) is 12.1 Å². The second-order valence-corrected chi connectivity index (χ2v) is 9.56. The highest BCUT2D eigenvalue weighted by atomic mass is 16.6. The number of carbonyl (C=O) groups is 3. The van der Waals surface area contributed by atoms with Gasteiger partial charge in [0.25, 0.3) is 0 Å². The van der Waals surface area contributed by atoms with Crippen molar-refractivity contribution in [1.82, 2.24) is 4.90 Å². The van der Waals surface area contributed by atoms with Gasteiger partial charge in [0.05, 0.1) is 12.8 Å². The van der Waals surface area contributed by atoms with E-state index in [9.17, 15) is 14.4 Å². The standard InChI is InChI=1S/C27H33N3O6/c1-17-3-10-24(35-2)23(13-17)29-26(33)28-21-7-6-20-16-30(12-11-19(20)15-21)27(34)36-22-8-4-18(5-9-22)14-25(31)32/h3,6-7,10,13,15,18,22H,4-5,8-9,11-12,14,16H2,1-2H3,(H,31,32)(H2,28,29,33)/t18-,22-. The first kappa shape index (κ1) is 25.3. The van der Waals surface area contributed by atoms with E-state index in [0.29, 0.717) is 49.5 Å². The van der Waals surface area contributed by atoms with E-state index in [1.54, 1.807) is 12.0 Å². The fourth-order valence-electron chi connectivity index (χ4n) is 4.91. The van der Waals surface area contributed by atoms with Crippen molar-refractivity contribution >= 4 is 29.5 Å². The number of benzene rings is 2. The fourth-order valence-corrected chi connectivity index (χ4v) is 4.91. The average Bonchev–Trinajstić information content (AvgIpc) is 2.84. The molecule has 192 valence electrons. The van der Waals surface area contributed by atoms with Crippen molar-refractivity contribution in [2.45, 2.75) is 58.1 Å². The number of carbonyl (C=O) groups excluding carboxylic acids is 2. The Labute approximate surface area is 210 Å². The molecule has 3 N–H and O–H groups in total. The molecule has 0 unspecified atom stereocenters. The van der Waals surface area contributed by atoms with Gasteiger partial charge in [-0.15, -0.1) is 0 Å². The van der Waals surface area contributed by atoms with E-state index < -0.39 is 5.97 Å². The molecule has 0 radical (unpaired) electrons. The van der Waals surface area contributed by atoms with E-state index in [2.05, 4.69) is 10.6 Å². The quantitative estimate of drug-likeness (QED) is 0.509. The number of amides is 3. The van der Waals surface area contributed by atoms with Crippen LogP contribution in [0, 0.1) is 12.8 Å². The van der Waals surface area contributed by atoms with Crippen LogP contribution in [0.4, 0.5) is 21.0 Å². The maximum Gasteiger partial charge on any atom is 0.410 e. The second kappa shape index (κ2) is 11.3. The first-order valence-corrected chi connectivity index (χ1v) is 12.3. The lowest BCUT2D eigenvalue weighted by molar-refractivity contribution is -0.138. The third kappa shape index (κ3) is 6.47. The SMILES string of the molecule is COc1ccc(C)cc1NC(=O)Nc1ccc2c(c1)CCN(C(=O)O[C@H]1CC[C@H](CC(=O)O)CC1)C2. The molecule has 1 fully saturated rings. The summed E-state index contributed by atoms with van der Waals surface area (Å²) in [6.45, 7) is 2.93. The van der Waals surface area contributed by atoms with Crippen LogP contribution in [0.3, 0.4) is 0 Å². The maximum absolute atomic E-state index is 12.7. The summed E-state index contributed by atoms with van der Waals surface area (Å²) in [5, 5.41) is 14.7. The van der Waals surface area contributed by atoms with E-state index in [-0.39, 0.29) is 30.6 Å². The van der Waals surface area contributed by atoms with Crippen molar-refractivity contribution in [3.8, 4) is 5.75 Å². The Balaban J connectivity index is 1.29. The third-order valence-electron chi connectivity index (χ3n) is 6.86. The van der Waals surface area contributed by atoms with Gasteiger partial charge in [0.15, 0.2) is 0 Å². The van der Waals surface area contributed by atoms with Crippen molar-refractivity contribution < 1.29 is 29.0 Å². The van der Waals surface area contributed by atoms with Crippen LogP contribution in [0.1, 0.15) is 48.8 Å². The minimum Gasteiger partial charge on any atom is -0.495 e. The molecular formula is C27H33N3O6. The molecule has 0 bridgehead atoms. The molecule has 2 aliphatic rings. The molecule has 1 aliphatic heterocycles. The molecule has 0 aromatic heterocycles. The minimum atomic E-state index is -0.770. The van der Waals surface area contributed by atoms with Crippen LogP contribution in [-0.2, 0) is 22.5 Å². The molecular weight excluding hydrogens is 462 g/mol. The number of urea groups is 1. The molecule has 9 heteroatoms. The molecule has 2 aromatic carbocycles. The second-order valence-electron chi connectivity index (χ2n) is 9.56. The zero-order chi connectivity index (χ0) is 25.7. The predicted octanol–water partition coefficient (Wildman–Crippen LogP) is 5.18. The Kier molecular flexibility index (Phi) is 7.97. The number of carboxylic acids is 1. The van der Waals surface area contributed by atoms with E-state index in [1.165, 1.54) is 0 Å². The summed E-state index contributed by atoms with van der Waals surface area (Å²) in [5.41, 5.74) is 4.38. The molecule has 1 aliphatic carbocycles. The number of fused-ring (bicyclic) bond motifs is 1. The number of ether oxygens (including phenoxy) is 2. The molecule has 3 amide bonds. The van der Waals surface area contributed by atoms with Crippen LogP contribution in [0.25, 0.3) is 0 Å².